The average Bonchev–Trinajstić information content (AvgIpc) is 2.40. The highest BCUT2D eigenvalue weighted by atomic mass is 32.2. The molecule has 4 saturated carbocycles. The molecule has 0 heterocycles. The van der Waals surface area contributed by atoms with Crippen molar-refractivity contribution in [3.63, 3.8) is 0 Å². The second-order valence-electron chi connectivity index (χ2n) is 7.25. The average molecular weight is 319 g/mol. The molecule has 4 aliphatic rings. The van der Waals surface area contributed by atoms with Gasteiger partial charge >= 0.3 is 0 Å². The number of hydrogen-bond donors (Lipinski definition) is 1. The van der Waals surface area contributed by atoms with Crippen molar-refractivity contribution in [1.82, 2.24) is 5.32 Å². The van der Waals surface area contributed by atoms with Gasteiger partial charge in [-0.2, -0.15) is 0 Å². The molecule has 0 aromatic heterocycles. The van der Waals surface area contributed by atoms with E-state index in [-0.39, 0.29) is 5.91 Å². The Morgan fingerprint density at radius 1 is 1.18 bits per heavy atom. The molecule has 0 aromatic rings. The Morgan fingerprint density at radius 3 is 2.27 bits per heavy atom. The van der Waals surface area contributed by atoms with Crippen molar-refractivity contribution in [2.75, 3.05) is 0 Å². The zero-order valence-electron chi connectivity index (χ0n) is 13.2. The Bertz CT molecular complexity index is 474. The quantitative estimate of drug-likeness (QED) is 0.598. The molecule has 4 heteroatoms. The maximum absolute atomic E-state index is 11.5. The number of carbonyl (C=O) groups is 2. The van der Waals surface area contributed by atoms with Gasteiger partial charge in [0.25, 0.3) is 0 Å². The van der Waals surface area contributed by atoms with E-state index in [0.717, 1.165) is 29.1 Å². The Kier molecular flexibility index (Phi) is 4.76. The summed E-state index contributed by atoms with van der Waals surface area (Å²) in [5, 5.41) is 3.92. The third kappa shape index (κ3) is 3.65. The fourth-order valence-corrected chi connectivity index (χ4v) is 6.72. The van der Waals surface area contributed by atoms with Gasteiger partial charge in [0, 0.05) is 18.1 Å². The molecule has 0 radical (unpaired) electrons. The van der Waals surface area contributed by atoms with Crippen molar-refractivity contribution in [1.29, 1.82) is 0 Å². The van der Waals surface area contributed by atoms with E-state index in [4.69, 9.17) is 0 Å². The molecule has 4 bridgehead atoms. The SMILES string of the molecule is CC(=O)N/C(=C/C=C/CC=O)SC12CC3CC(CC(C3)C1)C2. The molecular weight excluding hydrogens is 294 g/mol. The number of nitrogens with one attached hydrogen (secondary N) is 1. The lowest BCUT2D eigenvalue weighted by Crippen LogP contribution is -2.48. The lowest BCUT2D eigenvalue weighted by Gasteiger charge is -2.56. The summed E-state index contributed by atoms with van der Waals surface area (Å²) in [5.41, 5.74) is 0. The highest BCUT2D eigenvalue weighted by Gasteiger charge is 2.51. The number of hydrogen-bond acceptors (Lipinski definition) is 3. The van der Waals surface area contributed by atoms with E-state index in [2.05, 4.69) is 5.32 Å². The second-order valence-corrected chi connectivity index (χ2v) is 8.76. The molecule has 4 fully saturated rings. The van der Waals surface area contributed by atoms with Gasteiger partial charge in [-0.25, -0.2) is 0 Å². The van der Waals surface area contributed by atoms with Gasteiger partial charge in [0.15, 0.2) is 0 Å². The van der Waals surface area contributed by atoms with Crippen LogP contribution >= 0.6 is 11.8 Å². The summed E-state index contributed by atoms with van der Waals surface area (Å²) in [4.78, 5) is 21.9. The van der Waals surface area contributed by atoms with E-state index >= 15 is 0 Å². The molecule has 0 unspecified atom stereocenters. The summed E-state index contributed by atoms with van der Waals surface area (Å²) in [6, 6.07) is 0. The van der Waals surface area contributed by atoms with Crippen molar-refractivity contribution in [3.8, 4) is 0 Å². The highest BCUT2D eigenvalue weighted by Crippen LogP contribution is 2.61. The maximum Gasteiger partial charge on any atom is 0.221 e. The van der Waals surface area contributed by atoms with Crippen LogP contribution in [0.5, 0.6) is 0 Å². The van der Waals surface area contributed by atoms with Crippen LogP contribution in [0.4, 0.5) is 0 Å². The summed E-state index contributed by atoms with van der Waals surface area (Å²) < 4.78 is 0.335. The molecule has 22 heavy (non-hydrogen) atoms. The van der Waals surface area contributed by atoms with Crippen LogP contribution < -0.4 is 5.32 Å². The first kappa shape index (κ1) is 15.9. The summed E-state index contributed by atoms with van der Waals surface area (Å²) in [6.07, 6.45) is 15.2. The Labute approximate surface area is 137 Å². The van der Waals surface area contributed by atoms with Crippen LogP contribution in [0, 0.1) is 17.8 Å². The smallest absolute Gasteiger partial charge is 0.221 e. The third-order valence-corrected chi connectivity index (χ3v) is 6.61. The molecule has 0 spiro atoms. The molecule has 1 amide bonds. The summed E-state index contributed by atoms with van der Waals surface area (Å²) in [7, 11) is 0. The van der Waals surface area contributed by atoms with Crippen molar-refractivity contribution in [2.24, 2.45) is 17.8 Å². The number of aldehydes is 1. The monoisotopic (exact) mass is 319 g/mol. The van der Waals surface area contributed by atoms with Gasteiger partial charge in [-0.3, -0.25) is 4.79 Å². The molecule has 4 aliphatic carbocycles. The number of thioether (sulfide) groups is 1. The molecule has 120 valence electrons. The molecular formula is C18H25NO2S. The van der Waals surface area contributed by atoms with Crippen molar-refractivity contribution in [2.45, 2.75) is 56.6 Å². The van der Waals surface area contributed by atoms with Crippen LogP contribution in [0.15, 0.2) is 23.3 Å². The number of allylic oxidation sites excluding steroid dienone is 3. The minimum atomic E-state index is -0.0211. The summed E-state index contributed by atoms with van der Waals surface area (Å²) in [6.45, 7) is 1.56. The fraction of sp³-hybridized carbons (Fsp3) is 0.667. The van der Waals surface area contributed by atoms with Crippen LogP contribution in [0.1, 0.15) is 51.9 Å². The number of carbonyl (C=O) groups excluding carboxylic acids is 2. The topological polar surface area (TPSA) is 46.2 Å². The normalized spacial score (nSPS) is 36.8. The van der Waals surface area contributed by atoms with E-state index < -0.39 is 0 Å². The third-order valence-electron chi connectivity index (χ3n) is 5.22. The van der Waals surface area contributed by atoms with Crippen LogP contribution in [-0.4, -0.2) is 16.9 Å². The molecule has 0 aromatic carbocycles. The number of amides is 1. The van der Waals surface area contributed by atoms with Crippen molar-refractivity contribution < 1.29 is 9.59 Å². The van der Waals surface area contributed by atoms with E-state index in [1.54, 1.807) is 6.92 Å². The molecule has 0 saturated heterocycles. The first-order valence-corrected chi connectivity index (χ1v) is 9.17. The van der Waals surface area contributed by atoms with Gasteiger partial charge in [-0.05, 0) is 62.4 Å². The first-order chi connectivity index (χ1) is 10.6. The first-order valence-electron chi connectivity index (χ1n) is 8.35. The minimum absolute atomic E-state index is 0.0211. The van der Waals surface area contributed by atoms with Crippen LogP contribution in [0.25, 0.3) is 0 Å². The lowest BCUT2D eigenvalue weighted by molar-refractivity contribution is -0.118. The molecule has 0 aliphatic heterocycles. The van der Waals surface area contributed by atoms with Gasteiger partial charge in [-0.15, -0.1) is 11.8 Å². The van der Waals surface area contributed by atoms with Crippen molar-refractivity contribution >= 4 is 24.0 Å². The largest absolute Gasteiger partial charge is 0.321 e. The summed E-state index contributed by atoms with van der Waals surface area (Å²) in [5.74, 6) is 2.70. The molecule has 1 N–H and O–H groups in total. The number of rotatable bonds is 6. The lowest BCUT2D eigenvalue weighted by atomic mass is 9.56. The summed E-state index contributed by atoms with van der Waals surface area (Å²) >= 11 is 1.88. The zero-order valence-corrected chi connectivity index (χ0v) is 14.0. The standard InChI is InChI=1S/C18H25NO2S/c1-13(21)19-17(5-3-2-4-6-20)22-18-10-14-7-15(11-18)9-16(8-14)12-18/h2-3,5-6,14-16H,4,7-12H2,1H3,(H,19,21)/b3-2+,17-5-. The maximum atomic E-state index is 11.5. The van der Waals surface area contributed by atoms with E-state index in [1.807, 2.05) is 30.0 Å². The Morgan fingerprint density at radius 2 is 1.77 bits per heavy atom. The Hall–Kier alpha value is -1.03. The van der Waals surface area contributed by atoms with Gasteiger partial charge in [0.2, 0.25) is 5.91 Å². The van der Waals surface area contributed by atoms with E-state index in [0.29, 0.717) is 11.2 Å². The highest BCUT2D eigenvalue weighted by molar-refractivity contribution is 8.04. The molecule has 4 rings (SSSR count). The minimum Gasteiger partial charge on any atom is -0.321 e. The Balaban J connectivity index is 1.72. The van der Waals surface area contributed by atoms with E-state index in [1.165, 1.54) is 38.5 Å². The van der Waals surface area contributed by atoms with E-state index in [9.17, 15) is 9.59 Å². The van der Waals surface area contributed by atoms with Gasteiger partial charge in [0.05, 0.1) is 5.03 Å². The predicted octanol–water partition coefficient (Wildman–Crippen LogP) is 3.81. The van der Waals surface area contributed by atoms with Gasteiger partial charge < -0.3 is 10.1 Å². The second kappa shape index (κ2) is 6.61. The van der Waals surface area contributed by atoms with Gasteiger partial charge in [-0.1, -0.05) is 12.2 Å². The van der Waals surface area contributed by atoms with Crippen LogP contribution in [0.3, 0.4) is 0 Å². The van der Waals surface area contributed by atoms with Gasteiger partial charge in [0.1, 0.15) is 6.29 Å². The fourth-order valence-electron chi connectivity index (χ4n) is 4.95. The van der Waals surface area contributed by atoms with Crippen molar-refractivity contribution in [3.05, 3.63) is 23.3 Å². The van der Waals surface area contributed by atoms with Crippen LogP contribution in [0.2, 0.25) is 0 Å². The molecule has 0 atom stereocenters. The van der Waals surface area contributed by atoms with Crippen LogP contribution in [-0.2, 0) is 9.59 Å². The molecule has 3 nitrogen and oxygen atoms in total. The predicted molar refractivity (Wildman–Crippen MR) is 90.2 cm³/mol. The zero-order chi connectivity index (χ0) is 15.6.